The first-order chi connectivity index (χ1) is 5.86. The van der Waals surface area contributed by atoms with E-state index in [1.807, 2.05) is 6.92 Å². The zero-order chi connectivity index (χ0) is 8.81. The molecule has 0 saturated carbocycles. The molecule has 0 amide bonds. The molecule has 1 rings (SSSR count). The number of nitrogens with zero attached hydrogens (tertiary/aromatic N) is 2. The number of ether oxygens (including phenoxy) is 1. The summed E-state index contributed by atoms with van der Waals surface area (Å²) in [6, 6.07) is 3.48. The molecule has 0 radical (unpaired) electrons. The molecule has 0 fully saturated rings. The minimum Gasteiger partial charge on any atom is -0.478 e. The maximum Gasteiger partial charge on any atom is 0.213 e. The van der Waals surface area contributed by atoms with Crippen LogP contribution in [-0.2, 0) is 0 Å². The number of pyridine rings is 1. The molecule has 1 heterocycles. The Hall–Kier alpha value is -1.58. The summed E-state index contributed by atoms with van der Waals surface area (Å²) in [6.07, 6.45) is 2.88. The maximum atomic E-state index is 8.20. The Morgan fingerprint density at radius 2 is 2.50 bits per heavy atom. The van der Waals surface area contributed by atoms with Gasteiger partial charge in [0, 0.05) is 17.8 Å². The summed E-state index contributed by atoms with van der Waals surface area (Å²) in [6.45, 7) is 2.49. The third-order valence-electron chi connectivity index (χ3n) is 1.26. The van der Waals surface area contributed by atoms with Crippen molar-refractivity contribution >= 4 is 6.21 Å². The minimum absolute atomic E-state index is 0.576. The highest BCUT2D eigenvalue weighted by molar-refractivity contribution is 5.78. The first-order valence-corrected chi connectivity index (χ1v) is 3.63. The normalized spacial score (nSPS) is 10.4. The van der Waals surface area contributed by atoms with Crippen LogP contribution < -0.4 is 4.74 Å². The highest BCUT2D eigenvalue weighted by Crippen LogP contribution is 2.05. The number of rotatable bonds is 3. The molecule has 0 aromatic carbocycles. The van der Waals surface area contributed by atoms with Crippen LogP contribution in [0.25, 0.3) is 0 Å². The second kappa shape index (κ2) is 4.33. The van der Waals surface area contributed by atoms with Gasteiger partial charge in [0.2, 0.25) is 5.88 Å². The molecule has 0 unspecified atom stereocenters. The Kier molecular flexibility index (Phi) is 3.07. The van der Waals surface area contributed by atoms with Crippen molar-refractivity contribution in [2.24, 2.45) is 5.16 Å². The Labute approximate surface area is 70.5 Å². The van der Waals surface area contributed by atoms with Crippen molar-refractivity contribution in [1.29, 1.82) is 0 Å². The molecule has 4 heteroatoms. The fraction of sp³-hybridized carbons (Fsp3) is 0.250. The van der Waals surface area contributed by atoms with Crippen molar-refractivity contribution in [3.05, 3.63) is 23.9 Å². The standard InChI is InChI=1S/C8H10N2O2/c1-2-12-8-4-3-7(5-9-8)6-10-11/h3-6,11H,2H2,1H3/b10-6-. The highest BCUT2D eigenvalue weighted by atomic mass is 16.5. The van der Waals surface area contributed by atoms with Crippen molar-refractivity contribution in [2.45, 2.75) is 6.92 Å². The van der Waals surface area contributed by atoms with Crippen molar-refractivity contribution in [3.8, 4) is 5.88 Å². The van der Waals surface area contributed by atoms with E-state index in [0.717, 1.165) is 5.56 Å². The van der Waals surface area contributed by atoms with E-state index in [9.17, 15) is 0 Å². The van der Waals surface area contributed by atoms with Gasteiger partial charge in [0.25, 0.3) is 0 Å². The molecule has 0 atom stereocenters. The van der Waals surface area contributed by atoms with E-state index in [0.29, 0.717) is 12.5 Å². The molecule has 0 aliphatic rings. The summed E-state index contributed by atoms with van der Waals surface area (Å²) >= 11 is 0. The van der Waals surface area contributed by atoms with E-state index in [2.05, 4.69) is 10.1 Å². The molecular formula is C8H10N2O2. The lowest BCUT2D eigenvalue weighted by atomic mass is 10.3. The van der Waals surface area contributed by atoms with E-state index in [4.69, 9.17) is 9.94 Å². The van der Waals surface area contributed by atoms with Gasteiger partial charge in [0.05, 0.1) is 12.8 Å². The van der Waals surface area contributed by atoms with Crippen LogP contribution in [0.2, 0.25) is 0 Å². The first-order valence-electron chi connectivity index (χ1n) is 3.63. The molecule has 0 saturated heterocycles. The molecule has 0 aliphatic heterocycles. The van der Waals surface area contributed by atoms with Crippen LogP contribution in [0.5, 0.6) is 5.88 Å². The molecule has 1 aromatic rings. The lowest BCUT2D eigenvalue weighted by molar-refractivity contribution is 0.321. The number of hydrogen-bond acceptors (Lipinski definition) is 4. The predicted octanol–water partition coefficient (Wildman–Crippen LogP) is 1.29. The van der Waals surface area contributed by atoms with Crippen LogP contribution in [0.4, 0.5) is 0 Å². The molecule has 64 valence electrons. The lowest BCUT2D eigenvalue weighted by Crippen LogP contribution is -1.94. The monoisotopic (exact) mass is 166 g/mol. The largest absolute Gasteiger partial charge is 0.478 e. The topological polar surface area (TPSA) is 54.7 Å². The van der Waals surface area contributed by atoms with E-state index in [1.54, 1.807) is 18.3 Å². The fourth-order valence-electron chi connectivity index (χ4n) is 0.768. The van der Waals surface area contributed by atoms with Gasteiger partial charge >= 0.3 is 0 Å². The quantitative estimate of drug-likeness (QED) is 0.418. The van der Waals surface area contributed by atoms with Gasteiger partial charge in [-0.1, -0.05) is 5.16 Å². The van der Waals surface area contributed by atoms with Crippen molar-refractivity contribution < 1.29 is 9.94 Å². The molecule has 0 spiro atoms. The molecule has 0 bridgehead atoms. The van der Waals surface area contributed by atoms with Gasteiger partial charge in [0.15, 0.2) is 0 Å². The Morgan fingerprint density at radius 3 is 3.00 bits per heavy atom. The smallest absolute Gasteiger partial charge is 0.213 e. The third-order valence-corrected chi connectivity index (χ3v) is 1.26. The van der Waals surface area contributed by atoms with Crippen molar-refractivity contribution in [3.63, 3.8) is 0 Å². The summed E-state index contributed by atoms with van der Waals surface area (Å²) in [5, 5.41) is 11.1. The minimum atomic E-state index is 0.576. The summed E-state index contributed by atoms with van der Waals surface area (Å²) < 4.78 is 5.12. The van der Waals surface area contributed by atoms with Gasteiger partial charge in [0.1, 0.15) is 0 Å². The zero-order valence-corrected chi connectivity index (χ0v) is 6.77. The van der Waals surface area contributed by atoms with Gasteiger partial charge in [-0.15, -0.1) is 0 Å². The summed E-state index contributed by atoms with van der Waals surface area (Å²) in [5.74, 6) is 0.576. The van der Waals surface area contributed by atoms with Crippen LogP contribution in [0.15, 0.2) is 23.5 Å². The van der Waals surface area contributed by atoms with Crippen molar-refractivity contribution in [2.75, 3.05) is 6.61 Å². The van der Waals surface area contributed by atoms with E-state index >= 15 is 0 Å². The summed E-state index contributed by atoms with van der Waals surface area (Å²) in [7, 11) is 0. The van der Waals surface area contributed by atoms with Gasteiger partial charge in [-0.2, -0.15) is 0 Å². The summed E-state index contributed by atoms with van der Waals surface area (Å²) in [5.41, 5.74) is 0.737. The molecule has 1 aromatic heterocycles. The summed E-state index contributed by atoms with van der Waals surface area (Å²) in [4.78, 5) is 3.96. The van der Waals surface area contributed by atoms with Gasteiger partial charge < -0.3 is 9.94 Å². The molecule has 1 N–H and O–H groups in total. The van der Waals surface area contributed by atoms with Gasteiger partial charge in [-0.3, -0.25) is 0 Å². The number of aromatic nitrogens is 1. The van der Waals surface area contributed by atoms with Crippen LogP contribution in [0.1, 0.15) is 12.5 Å². The van der Waals surface area contributed by atoms with Crippen LogP contribution in [0.3, 0.4) is 0 Å². The first kappa shape index (κ1) is 8.52. The number of oxime groups is 1. The van der Waals surface area contributed by atoms with Crippen molar-refractivity contribution in [1.82, 2.24) is 4.98 Å². The SMILES string of the molecule is CCOc1ccc(/C=N\O)cn1. The molecule has 0 aliphatic carbocycles. The highest BCUT2D eigenvalue weighted by Gasteiger charge is 1.92. The van der Waals surface area contributed by atoms with Gasteiger partial charge in [-0.05, 0) is 13.0 Å². The molecular weight excluding hydrogens is 156 g/mol. The average Bonchev–Trinajstić information content (AvgIpc) is 2.09. The second-order valence-electron chi connectivity index (χ2n) is 2.11. The average molecular weight is 166 g/mol. The fourth-order valence-corrected chi connectivity index (χ4v) is 0.768. The van der Waals surface area contributed by atoms with Crippen LogP contribution >= 0.6 is 0 Å². The lowest BCUT2D eigenvalue weighted by Gasteiger charge is -1.99. The maximum absolute atomic E-state index is 8.20. The van der Waals surface area contributed by atoms with Crippen LogP contribution in [-0.4, -0.2) is 23.0 Å². The van der Waals surface area contributed by atoms with Gasteiger partial charge in [-0.25, -0.2) is 4.98 Å². The Morgan fingerprint density at radius 1 is 1.67 bits per heavy atom. The van der Waals surface area contributed by atoms with E-state index in [1.165, 1.54) is 6.21 Å². The molecule has 12 heavy (non-hydrogen) atoms. The van der Waals surface area contributed by atoms with E-state index < -0.39 is 0 Å². The van der Waals surface area contributed by atoms with E-state index in [-0.39, 0.29) is 0 Å². The zero-order valence-electron chi connectivity index (χ0n) is 6.77. The Balaban J connectivity index is 2.71. The predicted molar refractivity (Wildman–Crippen MR) is 44.8 cm³/mol. The second-order valence-corrected chi connectivity index (χ2v) is 2.11. The molecule has 4 nitrogen and oxygen atoms in total. The van der Waals surface area contributed by atoms with Crippen LogP contribution in [0, 0.1) is 0 Å². The number of hydrogen-bond donors (Lipinski definition) is 1. The Bertz CT molecular complexity index is 256. The third kappa shape index (κ3) is 2.23.